The lowest BCUT2D eigenvalue weighted by atomic mass is 9.94. The molecule has 0 aromatic heterocycles. The van der Waals surface area contributed by atoms with Crippen molar-refractivity contribution in [3.8, 4) is 0 Å². The molecule has 1 fully saturated rings. The summed E-state index contributed by atoms with van der Waals surface area (Å²) < 4.78 is 13.5. The zero-order valence-electron chi connectivity index (χ0n) is 11.6. The summed E-state index contributed by atoms with van der Waals surface area (Å²) in [5.41, 5.74) is 0.679. The molecule has 0 radical (unpaired) electrons. The lowest BCUT2D eigenvalue weighted by Crippen LogP contribution is -2.60. The summed E-state index contributed by atoms with van der Waals surface area (Å²) in [5.74, 6) is -0.199. The van der Waals surface area contributed by atoms with E-state index in [2.05, 4.69) is 0 Å². The highest BCUT2D eigenvalue weighted by atomic mass is 19.1. The number of hydrogen-bond donors (Lipinski definition) is 3. The molecule has 0 saturated carbocycles. The van der Waals surface area contributed by atoms with Crippen LogP contribution >= 0.6 is 0 Å². The molecule has 20 heavy (non-hydrogen) atoms. The zero-order valence-corrected chi connectivity index (χ0v) is 11.6. The van der Waals surface area contributed by atoms with Gasteiger partial charge in [-0.05, 0) is 37.9 Å². The summed E-state index contributed by atoms with van der Waals surface area (Å²) in [5, 5.41) is 29.1. The van der Waals surface area contributed by atoms with E-state index in [0.717, 1.165) is 6.42 Å². The van der Waals surface area contributed by atoms with Gasteiger partial charge in [0.2, 0.25) is 0 Å². The van der Waals surface area contributed by atoms with Crippen LogP contribution in [0.4, 0.5) is 4.39 Å². The molecule has 1 aliphatic heterocycles. The molecule has 1 aliphatic rings. The molecular weight excluding hydrogens is 261 g/mol. The first-order chi connectivity index (χ1) is 9.50. The Morgan fingerprint density at radius 2 is 1.90 bits per heavy atom. The predicted octanol–water partition coefficient (Wildman–Crippen LogP) is 0.545. The maximum Gasteiger partial charge on any atom is 0.126 e. The second kappa shape index (κ2) is 6.63. The van der Waals surface area contributed by atoms with Gasteiger partial charge in [-0.3, -0.25) is 4.90 Å². The summed E-state index contributed by atoms with van der Waals surface area (Å²) in [6.45, 7) is 2.80. The van der Waals surface area contributed by atoms with E-state index in [0.29, 0.717) is 25.1 Å². The van der Waals surface area contributed by atoms with Crippen molar-refractivity contribution in [2.75, 3.05) is 13.1 Å². The van der Waals surface area contributed by atoms with Gasteiger partial charge >= 0.3 is 0 Å². The van der Waals surface area contributed by atoms with E-state index >= 15 is 0 Å². The second-order valence-corrected chi connectivity index (χ2v) is 5.48. The van der Waals surface area contributed by atoms with E-state index in [1.807, 2.05) is 17.9 Å². The van der Waals surface area contributed by atoms with Gasteiger partial charge in [0.1, 0.15) is 11.9 Å². The number of benzene rings is 1. The minimum atomic E-state index is -1.09. The van der Waals surface area contributed by atoms with Crippen molar-refractivity contribution < 1.29 is 19.7 Å². The van der Waals surface area contributed by atoms with Crippen molar-refractivity contribution in [3.05, 3.63) is 35.6 Å². The summed E-state index contributed by atoms with van der Waals surface area (Å²) in [7, 11) is 0. The van der Waals surface area contributed by atoms with E-state index < -0.39 is 18.3 Å². The minimum Gasteiger partial charge on any atom is -0.389 e. The molecule has 2 rings (SSSR count). The number of aliphatic hydroxyl groups excluding tert-OH is 3. The van der Waals surface area contributed by atoms with Crippen molar-refractivity contribution in [2.45, 2.75) is 44.1 Å². The van der Waals surface area contributed by atoms with Gasteiger partial charge in [-0.1, -0.05) is 18.2 Å². The van der Waals surface area contributed by atoms with Crippen molar-refractivity contribution in [2.24, 2.45) is 0 Å². The molecule has 0 amide bonds. The van der Waals surface area contributed by atoms with Gasteiger partial charge in [-0.25, -0.2) is 4.39 Å². The molecule has 4 atom stereocenters. The van der Waals surface area contributed by atoms with Crippen LogP contribution in [0.5, 0.6) is 0 Å². The zero-order chi connectivity index (χ0) is 14.7. The molecule has 1 aromatic carbocycles. The molecule has 1 heterocycles. The van der Waals surface area contributed by atoms with Crippen LogP contribution in [0.2, 0.25) is 0 Å². The largest absolute Gasteiger partial charge is 0.389 e. The van der Waals surface area contributed by atoms with E-state index in [4.69, 9.17) is 0 Å². The van der Waals surface area contributed by atoms with Gasteiger partial charge in [-0.2, -0.15) is 0 Å². The first-order valence-electron chi connectivity index (χ1n) is 7.02. The number of aliphatic hydroxyl groups is 3. The second-order valence-electron chi connectivity index (χ2n) is 5.48. The Morgan fingerprint density at radius 1 is 1.20 bits per heavy atom. The average Bonchev–Trinajstić information content (AvgIpc) is 2.44. The monoisotopic (exact) mass is 283 g/mol. The Balaban J connectivity index is 1.86. The van der Waals surface area contributed by atoms with Gasteiger partial charge in [-0.15, -0.1) is 0 Å². The summed E-state index contributed by atoms with van der Waals surface area (Å²) >= 11 is 0. The standard InChI is InChI=1S/C15H22FNO3/c1-10-14(19)15(20)13(18)9-17(10)8-4-6-11-5-2-3-7-12(11)16/h2-3,5,7,10,13-15,18-20H,4,6,8-9H2,1H3/t10-,13+,14-,15-/m1/s1. The van der Waals surface area contributed by atoms with E-state index in [1.165, 1.54) is 6.07 Å². The molecule has 1 saturated heterocycles. The maximum atomic E-state index is 13.5. The van der Waals surface area contributed by atoms with E-state index in [1.54, 1.807) is 12.1 Å². The molecule has 4 nitrogen and oxygen atoms in total. The van der Waals surface area contributed by atoms with Gasteiger partial charge < -0.3 is 15.3 Å². The molecule has 5 heteroatoms. The maximum absolute atomic E-state index is 13.5. The number of β-amino-alcohol motifs (C(OH)–C–C–N with tert-alkyl or cyclic N) is 1. The Kier molecular flexibility index (Phi) is 5.10. The number of piperidine rings is 1. The number of hydrogen-bond acceptors (Lipinski definition) is 4. The number of halogens is 1. The van der Waals surface area contributed by atoms with Gasteiger partial charge in [0.25, 0.3) is 0 Å². The molecule has 1 aromatic rings. The lowest BCUT2D eigenvalue weighted by molar-refractivity contribution is -0.133. The normalized spacial score (nSPS) is 31.4. The molecule has 0 unspecified atom stereocenters. The minimum absolute atomic E-state index is 0.199. The van der Waals surface area contributed by atoms with Crippen LogP contribution < -0.4 is 0 Å². The third kappa shape index (κ3) is 3.35. The highest BCUT2D eigenvalue weighted by molar-refractivity contribution is 5.17. The molecule has 112 valence electrons. The number of likely N-dealkylation sites (tertiary alicyclic amines) is 1. The van der Waals surface area contributed by atoms with Gasteiger partial charge in [0, 0.05) is 12.6 Å². The number of nitrogens with zero attached hydrogens (tertiary/aromatic N) is 1. The molecule has 0 spiro atoms. The average molecular weight is 283 g/mol. The topological polar surface area (TPSA) is 63.9 Å². The Bertz CT molecular complexity index is 443. The molecule has 0 aliphatic carbocycles. The molecule has 3 N–H and O–H groups in total. The lowest BCUT2D eigenvalue weighted by Gasteiger charge is -2.42. The highest BCUT2D eigenvalue weighted by Gasteiger charge is 2.38. The molecule has 0 bridgehead atoms. The summed E-state index contributed by atoms with van der Waals surface area (Å²) in [6, 6.07) is 6.48. The number of rotatable bonds is 4. The smallest absolute Gasteiger partial charge is 0.126 e. The van der Waals surface area contributed by atoms with Gasteiger partial charge in [0.15, 0.2) is 0 Å². The van der Waals surface area contributed by atoms with Crippen LogP contribution in [-0.2, 0) is 6.42 Å². The summed E-state index contributed by atoms with van der Waals surface area (Å²) in [4.78, 5) is 1.93. The van der Waals surface area contributed by atoms with Crippen LogP contribution in [-0.4, -0.2) is 57.7 Å². The van der Waals surface area contributed by atoms with Gasteiger partial charge in [0.05, 0.1) is 12.2 Å². The summed E-state index contributed by atoms with van der Waals surface area (Å²) in [6.07, 6.45) is -1.62. The van der Waals surface area contributed by atoms with E-state index in [-0.39, 0.29) is 11.9 Å². The Morgan fingerprint density at radius 3 is 2.60 bits per heavy atom. The SMILES string of the molecule is C[C@@H]1[C@@H](O)[C@H](O)[C@@H](O)CN1CCCc1ccccc1F. The first kappa shape index (κ1) is 15.4. The van der Waals surface area contributed by atoms with Crippen molar-refractivity contribution in [1.82, 2.24) is 4.90 Å². The predicted molar refractivity (Wildman–Crippen MR) is 73.8 cm³/mol. The fourth-order valence-electron chi connectivity index (χ4n) is 2.71. The Labute approximate surface area is 118 Å². The fraction of sp³-hybridized carbons (Fsp3) is 0.600. The highest BCUT2D eigenvalue weighted by Crippen LogP contribution is 2.19. The van der Waals surface area contributed by atoms with Crippen LogP contribution in [0, 0.1) is 5.82 Å². The van der Waals surface area contributed by atoms with E-state index in [9.17, 15) is 19.7 Å². The van der Waals surface area contributed by atoms with Crippen LogP contribution in [0.15, 0.2) is 24.3 Å². The van der Waals surface area contributed by atoms with Crippen molar-refractivity contribution >= 4 is 0 Å². The van der Waals surface area contributed by atoms with Crippen molar-refractivity contribution in [1.29, 1.82) is 0 Å². The third-order valence-electron chi connectivity index (χ3n) is 4.09. The number of aryl methyl sites for hydroxylation is 1. The first-order valence-corrected chi connectivity index (χ1v) is 7.02. The quantitative estimate of drug-likeness (QED) is 0.755. The van der Waals surface area contributed by atoms with Crippen molar-refractivity contribution in [3.63, 3.8) is 0 Å². The fourth-order valence-corrected chi connectivity index (χ4v) is 2.71. The van der Waals surface area contributed by atoms with Crippen LogP contribution in [0.1, 0.15) is 18.9 Å². The van der Waals surface area contributed by atoms with Crippen LogP contribution in [0.25, 0.3) is 0 Å². The Hall–Kier alpha value is -1.01. The van der Waals surface area contributed by atoms with Crippen LogP contribution in [0.3, 0.4) is 0 Å². The third-order valence-corrected chi connectivity index (χ3v) is 4.09. The molecular formula is C15H22FNO3.